The topological polar surface area (TPSA) is 47.1 Å². The lowest BCUT2D eigenvalue weighted by molar-refractivity contribution is 0.411. The van der Waals surface area contributed by atoms with E-state index in [0.717, 1.165) is 96.4 Å². The molecule has 0 spiro atoms. The van der Waals surface area contributed by atoms with Crippen molar-refractivity contribution >= 4 is 71.0 Å². The maximum Gasteiger partial charge on any atom is 0.301 e. The Morgan fingerprint density at radius 3 is 0.722 bits per heavy atom. The van der Waals surface area contributed by atoms with E-state index in [4.69, 9.17) is 0 Å². The Kier molecular flexibility index (Phi) is 12.7. The fraction of sp³-hybridized carbons (Fsp3) is 0.0704. The van der Waals surface area contributed by atoms with E-state index in [-0.39, 0.29) is 5.41 Å². The van der Waals surface area contributed by atoms with Gasteiger partial charge >= 0.3 is 14.9 Å². The summed E-state index contributed by atoms with van der Waals surface area (Å²) in [5.41, 5.74) is 16.7. The van der Waals surface area contributed by atoms with E-state index in [1.54, 1.807) is 0 Å². The molecule has 0 N–H and O–H groups in total. The molecule has 8 heteroatoms. The number of fused-ring (bicyclic) bond motifs is 2. The van der Waals surface area contributed by atoms with Gasteiger partial charge in [-0.15, -0.1) is 0 Å². The predicted molar refractivity (Wildman–Crippen MR) is 333 cm³/mol. The van der Waals surface area contributed by atoms with E-state index in [1.165, 1.54) is 5.56 Å². The quantitative estimate of drug-likeness (QED) is 0.120. The van der Waals surface area contributed by atoms with Gasteiger partial charge in [0.2, 0.25) is 0 Å². The molecular formula is C71H58N4O2P2. The average Bonchev–Trinajstić information content (AvgIpc) is 2.74. The molecule has 1 atom stereocenters. The molecule has 13 rings (SSSR count). The molecule has 0 amide bonds. The first-order valence-electron chi connectivity index (χ1n) is 26.9. The van der Waals surface area contributed by atoms with Crippen LogP contribution in [0.5, 0.6) is 0 Å². The second kappa shape index (κ2) is 20.1. The number of rotatable bonds is 11. The lowest BCUT2D eigenvalue weighted by Gasteiger charge is -2.35. The van der Waals surface area contributed by atoms with Crippen LogP contribution in [0.1, 0.15) is 26.3 Å². The molecule has 11 aromatic carbocycles. The number of nitrogens with zero attached hydrogens (tertiary/aromatic N) is 4. The van der Waals surface area contributed by atoms with E-state index in [1.807, 2.05) is 122 Å². The summed E-state index contributed by atoms with van der Waals surface area (Å²) in [6, 6.07) is 97.4. The molecule has 2 heterocycles. The molecule has 0 saturated heterocycles. The van der Waals surface area contributed by atoms with Gasteiger partial charge in [-0.2, -0.15) is 0 Å². The molecular weight excluding hydrogens is 1000 g/mol. The molecule has 0 aromatic heterocycles. The Morgan fingerprint density at radius 1 is 0.266 bits per heavy atom. The standard InChI is InChI=1S/C71H58N4O2P2/c1-71(2,3)51-52-27-29-56(30-28-52)60-37-45-64(46-38-60)75-70-26-16-15-25-69(70)74(63-43-35-59(36-44-63)55-21-11-6-12-22-55)79(75,77)66-49-47-65(48-50-66)78(76)72(61-39-31-57(32-40-61)53-17-7-4-8-18-53)67-23-13-14-24-68(67)73(78)62-41-33-58(34-42-62)54-19-9-5-10-20-54/h4-50H,51H2,1-3H3. The number of hydrogen-bond donors (Lipinski definition) is 0. The van der Waals surface area contributed by atoms with Gasteiger partial charge in [0.05, 0.1) is 33.4 Å². The Morgan fingerprint density at radius 2 is 0.481 bits per heavy atom. The molecule has 0 saturated carbocycles. The second-order valence-corrected chi connectivity index (χ2v) is 26.4. The van der Waals surface area contributed by atoms with Crippen molar-refractivity contribution in [2.45, 2.75) is 27.2 Å². The molecule has 11 aromatic rings. The summed E-state index contributed by atoms with van der Waals surface area (Å²) in [4.78, 5) is 0. The zero-order chi connectivity index (χ0) is 53.7. The van der Waals surface area contributed by atoms with Crippen molar-refractivity contribution in [1.82, 2.24) is 0 Å². The van der Waals surface area contributed by atoms with Gasteiger partial charge in [-0.3, -0.25) is 27.8 Å². The van der Waals surface area contributed by atoms with Gasteiger partial charge in [0.15, 0.2) is 0 Å². The maximum atomic E-state index is 17.3. The molecule has 79 heavy (non-hydrogen) atoms. The highest BCUT2D eigenvalue weighted by atomic mass is 31.2. The third-order valence-corrected chi connectivity index (χ3v) is 21.0. The summed E-state index contributed by atoms with van der Waals surface area (Å²) in [5.74, 6) is 0. The van der Waals surface area contributed by atoms with E-state index in [9.17, 15) is 0 Å². The zero-order valence-electron chi connectivity index (χ0n) is 44.3. The molecule has 0 radical (unpaired) electrons. The fourth-order valence-corrected chi connectivity index (χ4v) is 17.4. The summed E-state index contributed by atoms with van der Waals surface area (Å²) in [6.07, 6.45) is 0.996. The van der Waals surface area contributed by atoms with E-state index in [2.05, 4.69) is 203 Å². The second-order valence-electron chi connectivity index (χ2n) is 21.5. The monoisotopic (exact) mass is 1060 g/mol. The first-order valence-corrected chi connectivity index (χ1v) is 30.1. The van der Waals surface area contributed by atoms with Gasteiger partial charge in [-0.05, 0) is 159 Å². The van der Waals surface area contributed by atoms with Crippen molar-refractivity contribution in [3.05, 3.63) is 291 Å². The van der Waals surface area contributed by atoms with Crippen molar-refractivity contribution in [2.75, 3.05) is 18.7 Å². The largest absolute Gasteiger partial charge is 0.301 e. The zero-order valence-corrected chi connectivity index (χ0v) is 46.1. The molecule has 0 fully saturated rings. The number of anilines is 8. The Labute approximate surface area is 464 Å². The van der Waals surface area contributed by atoms with E-state index >= 15 is 9.13 Å². The first kappa shape index (κ1) is 49.6. The van der Waals surface area contributed by atoms with Gasteiger partial charge < -0.3 is 0 Å². The molecule has 2 aliphatic heterocycles. The van der Waals surface area contributed by atoms with Crippen LogP contribution in [0.15, 0.2) is 285 Å². The molecule has 384 valence electrons. The SMILES string of the molecule is CC(C)(C)Cc1ccc(-c2ccc(N3c4ccccc4N(c4ccc(-c5ccccc5)cc4)P3(=O)c3ccc(P4(=O)N(c5ccc(-c6ccccc6)cc5)c5ccccc5N4c4ccc(-c5ccccc5)cc4)cc3)cc2)cc1. The van der Waals surface area contributed by atoms with Crippen molar-refractivity contribution in [3.63, 3.8) is 0 Å². The maximum absolute atomic E-state index is 17.3. The third kappa shape index (κ3) is 8.98. The van der Waals surface area contributed by atoms with Crippen LogP contribution in [-0.4, -0.2) is 0 Å². The van der Waals surface area contributed by atoms with Crippen LogP contribution in [-0.2, 0) is 15.6 Å². The van der Waals surface area contributed by atoms with E-state index in [0.29, 0.717) is 10.6 Å². The van der Waals surface area contributed by atoms with Crippen molar-refractivity contribution in [2.24, 2.45) is 5.41 Å². The average molecular weight is 1060 g/mol. The van der Waals surface area contributed by atoms with Gasteiger partial charge in [-0.25, -0.2) is 0 Å². The van der Waals surface area contributed by atoms with Gasteiger partial charge in [0, 0.05) is 22.7 Å². The van der Waals surface area contributed by atoms with Crippen molar-refractivity contribution < 1.29 is 9.13 Å². The third-order valence-electron chi connectivity index (χ3n) is 15.1. The highest BCUT2D eigenvalue weighted by Gasteiger charge is 2.51. The molecule has 2 aliphatic rings. The molecule has 6 nitrogen and oxygen atoms in total. The number of hydrogen-bond acceptors (Lipinski definition) is 2. The molecule has 0 aliphatic carbocycles. The normalized spacial score (nSPS) is 15.5. The smallest absolute Gasteiger partial charge is 0.270 e. The Hall–Kier alpha value is -8.92. The van der Waals surface area contributed by atoms with Crippen LogP contribution in [0.2, 0.25) is 0 Å². The van der Waals surface area contributed by atoms with E-state index < -0.39 is 14.9 Å². The molecule has 0 bridgehead atoms. The summed E-state index contributed by atoms with van der Waals surface area (Å²) in [5, 5.41) is 1.19. The van der Waals surface area contributed by atoms with Crippen LogP contribution in [0.25, 0.3) is 44.5 Å². The fourth-order valence-electron chi connectivity index (χ4n) is 11.4. The van der Waals surface area contributed by atoms with Crippen LogP contribution in [0, 0.1) is 5.41 Å². The van der Waals surface area contributed by atoms with Crippen molar-refractivity contribution in [1.29, 1.82) is 0 Å². The van der Waals surface area contributed by atoms with Crippen molar-refractivity contribution in [3.8, 4) is 44.5 Å². The lowest BCUT2D eigenvalue weighted by Crippen LogP contribution is -2.30. The minimum absolute atomic E-state index is 0.189. The first-order chi connectivity index (χ1) is 38.5. The van der Waals surface area contributed by atoms with Crippen LogP contribution >= 0.6 is 14.9 Å². The van der Waals surface area contributed by atoms with Crippen LogP contribution in [0.3, 0.4) is 0 Å². The minimum Gasteiger partial charge on any atom is -0.270 e. The molecule has 1 unspecified atom stereocenters. The number of para-hydroxylation sites is 4. The number of benzene rings is 11. The summed E-state index contributed by atoms with van der Waals surface area (Å²) < 4.78 is 42.7. The highest BCUT2D eigenvalue weighted by Crippen LogP contribution is 2.72. The summed E-state index contributed by atoms with van der Waals surface area (Å²) in [6.45, 7) is 6.80. The minimum atomic E-state index is -3.87. The summed E-state index contributed by atoms with van der Waals surface area (Å²) >= 11 is 0. The Bertz CT molecular complexity index is 3940. The van der Waals surface area contributed by atoms with Crippen LogP contribution < -0.4 is 29.3 Å². The predicted octanol–water partition coefficient (Wildman–Crippen LogP) is 19.6. The van der Waals surface area contributed by atoms with Gasteiger partial charge in [0.25, 0.3) is 0 Å². The lowest BCUT2D eigenvalue weighted by atomic mass is 9.87. The Balaban J connectivity index is 0.952. The van der Waals surface area contributed by atoms with Gasteiger partial charge in [-0.1, -0.05) is 209 Å². The summed E-state index contributed by atoms with van der Waals surface area (Å²) in [7, 11) is -7.72. The van der Waals surface area contributed by atoms with Crippen LogP contribution in [0.4, 0.5) is 45.5 Å². The van der Waals surface area contributed by atoms with Gasteiger partial charge in [0.1, 0.15) is 0 Å². The highest BCUT2D eigenvalue weighted by molar-refractivity contribution is 7.76.